The monoisotopic (exact) mass is 392 g/mol. The molecule has 1 amide bonds. The predicted octanol–water partition coefficient (Wildman–Crippen LogP) is 4.30. The zero-order valence-electron chi connectivity index (χ0n) is 14.8. The van der Waals surface area contributed by atoms with Gasteiger partial charge in [0, 0.05) is 33.8 Å². The molecule has 0 radical (unpaired) electrons. The van der Waals surface area contributed by atoms with Crippen molar-refractivity contribution in [3.63, 3.8) is 0 Å². The average molecular weight is 392 g/mol. The van der Waals surface area contributed by atoms with Crippen LogP contribution in [0.15, 0.2) is 58.6 Å². The van der Waals surface area contributed by atoms with Gasteiger partial charge in [-0.05, 0) is 29.1 Å². The molecule has 0 saturated heterocycles. The normalized spacial score (nSPS) is 13.8. The maximum Gasteiger partial charge on any atom is 0.276 e. The largest absolute Gasteiger partial charge is 0.504 e. The number of hydrogen-bond acceptors (Lipinski definition) is 6. The summed E-state index contributed by atoms with van der Waals surface area (Å²) in [5, 5.41) is 17.5. The Morgan fingerprint density at radius 2 is 2.11 bits per heavy atom. The van der Waals surface area contributed by atoms with Crippen LogP contribution in [-0.2, 0) is 6.54 Å². The highest BCUT2D eigenvalue weighted by atomic mass is 32.1. The minimum absolute atomic E-state index is 0.0820. The zero-order chi connectivity index (χ0) is 19.1. The number of ether oxygens (including phenoxy) is 1. The van der Waals surface area contributed by atoms with E-state index in [9.17, 15) is 9.90 Å². The number of thiophene rings is 1. The van der Waals surface area contributed by atoms with Crippen molar-refractivity contribution in [3.05, 3.63) is 65.4 Å². The Kier molecular flexibility index (Phi) is 4.02. The van der Waals surface area contributed by atoms with Crippen LogP contribution in [-0.4, -0.2) is 34.2 Å². The van der Waals surface area contributed by atoms with Crippen LogP contribution in [0.5, 0.6) is 11.5 Å². The summed E-state index contributed by atoms with van der Waals surface area (Å²) < 4.78 is 11.7. The molecule has 0 saturated carbocycles. The highest BCUT2D eigenvalue weighted by molar-refractivity contribution is 7.17. The van der Waals surface area contributed by atoms with Gasteiger partial charge in [0.2, 0.25) is 0 Å². The molecule has 4 aromatic rings. The summed E-state index contributed by atoms with van der Waals surface area (Å²) in [4.78, 5) is 14.3. The van der Waals surface area contributed by atoms with Gasteiger partial charge in [0.1, 0.15) is 12.9 Å². The van der Waals surface area contributed by atoms with E-state index >= 15 is 0 Å². The molecule has 1 N–H and O–H groups in total. The highest BCUT2D eigenvalue weighted by Gasteiger charge is 2.25. The fourth-order valence-electron chi connectivity index (χ4n) is 3.51. The lowest BCUT2D eigenvalue weighted by atomic mass is 10.0. The van der Waals surface area contributed by atoms with Crippen molar-refractivity contribution >= 4 is 27.3 Å². The van der Waals surface area contributed by atoms with Crippen LogP contribution in [0.3, 0.4) is 0 Å². The minimum atomic E-state index is -0.226. The molecule has 1 aliphatic rings. The molecule has 5 rings (SSSR count). The minimum Gasteiger partial charge on any atom is -0.504 e. The quantitative estimate of drug-likeness (QED) is 0.551. The molecule has 140 valence electrons. The number of amides is 1. The first-order valence-electron chi connectivity index (χ1n) is 8.85. The van der Waals surface area contributed by atoms with Gasteiger partial charge in [0.25, 0.3) is 5.91 Å². The molecule has 0 atom stereocenters. The lowest BCUT2D eigenvalue weighted by molar-refractivity contribution is 0.0722. The summed E-state index contributed by atoms with van der Waals surface area (Å²) in [6, 6.07) is 13.4. The third kappa shape index (κ3) is 2.80. The van der Waals surface area contributed by atoms with Gasteiger partial charge < -0.3 is 19.3 Å². The number of aromatic hydroxyl groups is 1. The van der Waals surface area contributed by atoms with Crippen molar-refractivity contribution in [1.82, 2.24) is 10.1 Å². The van der Waals surface area contributed by atoms with Crippen LogP contribution in [0, 0.1) is 0 Å². The molecule has 0 spiro atoms. The topological polar surface area (TPSA) is 75.8 Å². The van der Waals surface area contributed by atoms with Crippen molar-refractivity contribution in [1.29, 1.82) is 0 Å². The number of rotatable bonds is 2. The number of aromatic nitrogens is 1. The number of fused-ring (bicyclic) bond motifs is 2. The van der Waals surface area contributed by atoms with Crippen molar-refractivity contribution in [3.8, 4) is 22.6 Å². The van der Waals surface area contributed by atoms with E-state index in [1.54, 1.807) is 28.4 Å². The van der Waals surface area contributed by atoms with Crippen LogP contribution in [0.25, 0.3) is 21.2 Å². The second kappa shape index (κ2) is 6.69. The number of benzene rings is 2. The van der Waals surface area contributed by atoms with E-state index in [-0.39, 0.29) is 17.4 Å². The molecule has 2 aromatic heterocycles. The first-order valence-corrected chi connectivity index (χ1v) is 9.73. The number of phenols is 1. The van der Waals surface area contributed by atoms with E-state index in [2.05, 4.69) is 22.7 Å². The van der Waals surface area contributed by atoms with Gasteiger partial charge in [-0.1, -0.05) is 23.4 Å². The first-order chi connectivity index (χ1) is 13.7. The third-order valence-electron chi connectivity index (χ3n) is 4.85. The maximum atomic E-state index is 12.7. The average Bonchev–Trinajstić information content (AvgIpc) is 3.33. The standard InChI is InChI=1S/C21H16N2O4S/c24-18-10-13(16-12-28-19-4-2-1-3-15(16)19)9-14-11-23(6-8-26-20(14)18)21(25)17-5-7-27-22-17/h1-5,7,9-10,12,24H,6,8,11H2. The van der Waals surface area contributed by atoms with Crippen LogP contribution < -0.4 is 4.74 Å². The first kappa shape index (κ1) is 16.8. The summed E-state index contributed by atoms with van der Waals surface area (Å²) in [6.07, 6.45) is 1.38. The number of hydrogen-bond donors (Lipinski definition) is 1. The number of carbonyl (C=O) groups is 1. The highest BCUT2D eigenvalue weighted by Crippen LogP contribution is 2.41. The summed E-state index contributed by atoms with van der Waals surface area (Å²) in [6.45, 7) is 1.02. The Hall–Kier alpha value is -3.32. The Balaban J connectivity index is 1.56. The van der Waals surface area contributed by atoms with Gasteiger partial charge in [0.05, 0.1) is 6.54 Å². The fourth-order valence-corrected chi connectivity index (χ4v) is 4.48. The molecule has 6 nitrogen and oxygen atoms in total. The molecule has 0 unspecified atom stereocenters. The second-order valence-electron chi connectivity index (χ2n) is 6.59. The summed E-state index contributed by atoms with van der Waals surface area (Å²) in [5.74, 6) is 0.285. The van der Waals surface area contributed by atoms with Crippen molar-refractivity contribution in [2.45, 2.75) is 6.54 Å². The van der Waals surface area contributed by atoms with Gasteiger partial charge in [-0.25, -0.2) is 0 Å². The van der Waals surface area contributed by atoms with Gasteiger partial charge in [-0.15, -0.1) is 11.3 Å². The van der Waals surface area contributed by atoms with Gasteiger partial charge in [-0.3, -0.25) is 4.79 Å². The number of carbonyl (C=O) groups excluding carboxylic acids is 1. The molecule has 0 bridgehead atoms. The molecule has 3 heterocycles. The lowest BCUT2D eigenvalue weighted by Gasteiger charge is -2.18. The Morgan fingerprint density at radius 1 is 1.21 bits per heavy atom. The molecule has 2 aromatic carbocycles. The molecule has 0 fully saturated rings. The Morgan fingerprint density at radius 3 is 2.96 bits per heavy atom. The number of nitrogens with zero attached hydrogens (tertiary/aromatic N) is 2. The maximum absolute atomic E-state index is 12.7. The Bertz CT molecular complexity index is 1170. The second-order valence-corrected chi connectivity index (χ2v) is 7.50. The molecule has 0 aliphatic carbocycles. The van der Waals surface area contributed by atoms with E-state index in [0.29, 0.717) is 25.4 Å². The molecule has 7 heteroatoms. The van der Waals surface area contributed by atoms with E-state index < -0.39 is 0 Å². The van der Waals surface area contributed by atoms with Crippen molar-refractivity contribution in [2.75, 3.05) is 13.2 Å². The molecular weight excluding hydrogens is 376 g/mol. The van der Waals surface area contributed by atoms with E-state index in [0.717, 1.165) is 22.1 Å². The molecular formula is C21H16N2O4S. The summed E-state index contributed by atoms with van der Waals surface area (Å²) in [5.41, 5.74) is 2.97. The third-order valence-corrected chi connectivity index (χ3v) is 5.81. The smallest absolute Gasteiger partial charge is 0.276 e. The fraction of sp³-hybridized carbons (Fsp3) is 0.143. The van der Waals surface area contributed by atoms with Crippen LogP contribution in [0.4, 0.5) is 0 Å². The van der Waals surface area contributed by atoms with Crippen molar-refractivity contribution < 1.29 is 19.2 Å². The van der Waals surface area contributed by atoms with Crippen molar-refractivity contribution in [2.24, 2.45) is 0 Å². The predicted molar refractivity (Wildman–Crippen MR) is 106 cm³/mol. The van der Waals surface area contributed by atoms with Gasteiger partial charge in [-0.2, -0.15) is 0 Å². The zero-order valence-corrected chi connectivity index (χ0v) is 15.6. The van der Waals surface area contributed by atoms with Crippen LogP contribution >= 0.6 is 11.3 Å². The Labute approximate surface area is 164 Å². The van der Waals surface area contributed by atoms with E-state index in [1.807, 2.05) is 18.2 Å². The number of phenolic OH excluding ortho intramolecular Hbond substituents is 1. The van der Waals surface area contributed by atoms with Crippen LogP contribution in [0.1, 0.15) is 16.1 Å². The molecule has 1 aliphatic heterocycles. The van der Waals surface area contributed by atoms with E-state index in [1.165, 1.54) is 11.0 Å². The summed E-state index contributed by atoms with van der Waals surface area (Å²) in [7, 11) is 0. The van der Waals surface area contributed by atoms with Gasteiger partial charge in [0.15, 0.2) is 17.2 Å². The lowest BCUT2D eigenvalue weighted by Crippen LogP contribution is -2.32. The molecule has 28 heavy (non-hydrogen) atoms. The van der Waals surface area contributed by atoms with Crippen LogP contribution in [0.2, 0.25) is 0 Å². The van der Waals surface area contributed by atoms with Gasteiger partial charge >= 0.3 is 0 Å². The van der Waals surface area contributed by atoms with E-state index in [4.69, 9.17) is 9.26 Å². The summed E-state index contributed by atoms with van der Waals surface area (Å²) >= 11 is 1.66. The SMILES string of the molecule is O=C(c1ccon1)N1CCOc2c(O)cc(-c3csc4ccccc34)cc2C1.